The van der Waals surface area contributed by atoms with E-state index in [1.165, 1.54) is 39.2 Å². The fraction of sp³-hybridized carbons (Fsp3) is 0.500. The highest BCUT2D eigenvalue weighted by atomic mass is 16.5. The quantitative estimate of drug-likeness (QED) is 0.700. The van der Waals surface area contributed by atoms with Gasteiger partial charge in [0.25, 0.3) is 0 Å². The normalized spacial score (nSPS) is 21.2. The molecule has 0 spiro atoms. The molecule has 6 heteroatoms. The van der Waals surface area contributed by atoms with Gasteiger partial charge in [0.1, 0.15) is 6.54 Å². The third-order valence-electron chi connectivity index (χ3n) is 5.27. The zero-order valence-corrected chi connectivity index (χ0v) is 15.5. The van der Waals surface area contributed by atoms with Crippen molar-refractivity contribution < 1.29 is 19.6 Å². The summed E-state index contributed by atoms with van der Waals surface area (Å²) in [6, 6.07) is 7.62. The Balaban J connectivity index is 1.88. The van der Waals surface area contributed by atoms with Crippen LogP contribution in [0.4, 0.5) is 4.79 Å². The Labute approximate surface area is 154 Å². The lowest BCUT2D eigenvalue weighted by Gasteiger charge is -2.29. The molecule has 1 aliphatic heterocycles. The number of nitrogens with one attached hydrogen (secondary N) is 2. The average molecular weight is 358 g/mol. The highest BCUT2D eigenvalue weighted by Gasteiger charge is 2.34. The molecule has 1 heterocycles. The van der Waals surface area contributed by atoms with Crippen molar-refractivity contribution in [3.05, 3.63) is 46.7 Å². The van der Waals surface area contributed by atoms with E-state index in [4.69, 9.17) is 4.74 Å². The Hall–Kier alpha value is -2.34. The molecule has 0 aromatic heterocycles. The topological polar surface area (TPSA) is 84.0 Å². The monoisotopic (exact) mass is 358 g/mol. The Kier molecular flexibility index (Phi) is 5.93. The number of methoxy groups -OCH3 is 1. The lowest BCUT2D eigenvalue weighted by Crippen LogP contribution is -2.91. The molecule has 1 aliphatic carbocycles. The molecule has 1 saturated carbocycles. The maximum absolute atomic E-state index is 12.5. The number of carbonyl (C=O) groups is 2. The molecular formula is C20H28N3O3+. The van der Waals surface area contributed by atoms with Gasteiger partial charge in [0.2, 0.25) is 0 Å². The van der Waals surface area contributed by atoms with Crippen LogP contribution in [-0.4, -0.2) is 31.7 Å². The molecule has 1 aromatic carbocycles. The minimum Gasteiger partial charge on any atom is -0.466 e. The van der Waals surface area contributed by atoms with Crippen LogP contribution in [0.2, 0.25) is 0 Å². The summed E-state index contributed by atoms with van der Waals surface area (Å²) in [5, 5.41) is 7.94. The molecule has 1 fully saturated rings. The van der Waals surface area contributed by atoms with E-state index in [-0.39, 0.29) is 6.03 Å². The van der Waals surface area contributed by atoms with Gasteiger partial charge in [-0.3, -0.25) is 0 Å². The van der Waals surface area contributed by atoms with Crippen molar-refractivity contribution in [2.24, 2.45) is 0 Å². The number of hydrogen-bond acceptors (Lipinski definition) is 3. The van der Waals surface area contributed by atoms with E-state index in [1.807, 2.05) is 31.2 Å². The second-order valence-corrected chi connectivity index (χ2v) is 7.16. The van der Waals surface area contributed by atoms with Crippen molar-refractivity contribution in [2.75, 3.05) is 13.7 Å². The summed E-state index contributed by atoms with van der Waals surface area (Å²) in [4.78, 5) is 24.7. The summed E-state index contributed by atoms with van der Waals surface area (Å²) in [6.07, 6.45) is 6.19. The second-order valence-electron chi connectivity index (χ2n) is 7.16. The minimum atomic E-state index is -0.494. The van der Waals surface area contributed by atoms with Crippen molar-refractivity contribution in [3.8, 4) is 0 Å². The van der Waals surface area contributed by atoms with E-state index < -0.39 is 12.0 Å². The van der Waals surface area contributed by atoms with E-state index in [2.05, 4.69) is 16.0 Å². The van der Waals surface area contributed by atoms with Crippen LogP contribution in [0.15, 0.2) is 35.5 Å². The molecule has 0 radical (unpaired) electrons. The first-order chi connectivity index (χ1) is 12.6. The number of benzene rings is 1. The molecular weight excluding hydrogens is 330 g/mol. The number of nitrogens with two attached hydrogens (primary N) is 1. The van der Waals surface area contributed by atoms with Crippen LogP contribution < -0.4 is 16.0 Å². The van der Waals surface area contributed by atoms with Gasteiger partial charge in [-0.2, -0.15) is 0 Å². The number of hydrogen-bond donors (Lipinski definition) is 3. The zero-order chi connectivity index (χ0) is 18.5. The Morgan fingerprint density at radius 3 is 2.54 bits per heavy atom. The van der Waals surface area contributed by atoms with Gasteiger partial charge in [0.05, 0.1) is 30.5 Å². The SMILES string of the molecule is COC(=O)C1=C(C[NH2+]C2CCCCC2)NC(=O)N[C@@H]1c1ccc(C)cc1. The fourth-order valence-electron chi connectivity index (χ4n) is 3.79. The smallest absolute Gasteiger partial charge is 0.338 e. The van der Waals surface area contributed by atoms with Gasteiger partial charge in [-0.05, 0) is 38.2 Å². The molecule has 1 aromatic rings. The molecule has 0 saturated heterocycles. The van der Waals surface area contributed by atoms with Gasteiger partial charge in [-0.1, -0.05) is 36.2 Å². The number of esters is 1. The number of ether oxygens (including phenoxy) is 1. The lowest BCUT2D eigenvalue weighted by atomic mass is 9.93. The summed E-state index contributed by atoms with van der Waals surface area (Å²) in [5.74, 6) is -0.407. The zero-order valence-electron chi connectivity index (χ0n) is 15.5. The predicted octanol–water partition coefficient (Wildman–Crippen LogP) is 1.67. The third kappa shape index (κ3) is 4.25. The highest BCUT2D eigenvalue weighted by Crippen LogP contribution is 2.27. The fourth-order valence-corrected chi connectivity index (χ4v) is 3.79. The number of rotatable bonds is 5. The Morgan fingerprint density at radius 1 is 1.19 bits per heavy atom. The maximum atomic E-state index is 12.5. The van der Waals surface area contributed by atoms with Gasteiger partial charge in [0.15, 0.2) is 0 Å². The molecule has 1 atom stereocenters. The van der Waals surface area contributed by atoms with Gasteiger partial charge < -0.3 is 20.7 Å². The van der Waals surface area contributed by atoms with E-state index in [1.54, 1.807) is 0 Å². The molecule has 2 aliphatic rings. The Bertz CT molecular complexity index is 691. The van der Waals surface area contributed by atoms with E-state index in [0.717, 1.165) is 11.1 Å². The molecule has 2 amide bonds. The first kappa shape index (κ1) is 18.5. The molecule has 0 bridgehead atoms. The van der Waals surface area contributed by atoms with Crippen LogP contribution in [-0.2, 0) is 9.53 Å². The van der Waals surface area contributed by atoms with Crippen molar-refractivity contribution in [1.82, 2.24) is 10.6 Å². The maximum Gasteiger partial charge on any atom is 0.338 e. The van der Waals surface area contributed by atoms with Crippen LogP contribution in [0.25, 0.3) is 0 Å². The molecule has 4 N–H and O–H groups in total. The number of aryl methyl sites for hydroxylation is 1. The summed E-state index contributed by atoms with van der Waals surface area (Å²) in [5.41, 5.74) is 3.14. The van der Waals surface area contributed by atoms with Gasteiger partial charge >= 0.3 is 12.0 Å². The average Bonchev–Trinajstić information content (AvgIpc) is 2.66. The molecule has 6 nitrogen and oxygen atoms in total. The van der Waals surface area contributed by atoms with Crippen LogP contribution in [0.1, 0.15) is 49.3 Å². The summed E-state index contributed by atoms with van der Waals surface area (Å²) >= 11 is 0. The first-order valence-electron chi connectivity index (χ1n) is 9.37. The minimum absolute atomic E-state index is 0.282. The highest BCUT2D eigenvalue weighted by molar-refractivity contribution is 5.95. The van der Waals surface area contributed by atoms with Crippen LogP contribution in [0, 0.1) is 6.92 Å². The van der Waals surface area contributed by atoms with E-state index >= 15 is 0 Å². The van der Waals surface area contributed by atoms with Crippen molar-refractivity contribution >= 4 is 12.0 Å². The number of quaternary nitrogens is 1. The van der Waals surface area contributed by atoms with Crippen LogP contribution in [0.3, 0.4) is 0 Å². The third-order valence-corrected chi connectivity index (χ3v) is 5.27. The second kappa shape index (κ2) is 8.36. The molecule has 3 rings (SSSR count). The van der Waals surface area contributed by atoms with Gasteiger partial charge in [0, 0.05) is 0 Å². The summed E-state index contributed by atoms with van der Waals surface area (Å²) in [7, 11) is 1.38. The first-order valence-corrected chi connectivity index (χ1v) is 9.37. The number of amides is 2. The molecule has 140 valence electrons. The van der Waals surface area contributed by atoms with E-state index in [0.29, 0.717) is 23.9 Å². The largest absolute Gasteiger partial charge is 0.466 e. The van der Waals surface area contributed by atoms with Crippen molar-refractivity contribution in [1.29, 1.82) is 0 Å². The van der Waals surface area contributed by atoms with Gasteiger partial charge in [-0.25, -0.2) is 9.59 Å². The summed E-state index contributed by atoms with van der Waals surface area (Å²) in [6.45, 7) is 2.58. The number of urea groups is 1. The van der Waals surface area contributed by atoms with Crippen molar-refractivity contribution in [3.63, 3.8) is 0 Å². The van der Waals surface area contributed by atoms with Gasteiger partial charge in [-0.15, -0.1) is 0 Å². The van der Waals surface area contributed by atoms with Crippen LogP contribution >= 0.6 is 0 Å². The van der Waals surface area contributed by atoms with E-state index in [9.17, 15) is 9.59 Å². The number of carbonyl (C=O) groups excluding carboxylic acids is 2. The molecule has 26 heavy (non-hydrogen) atoms. The Morgan fingerprint density at radius 2 is 1.88 bits per heavy atom. The predicted molar refractivity (Wildman–Crippen MR) is 98.3 cm³/mol. The standard InChI is InChI=1S/C20H27N3O3/c1-13-8-10-14(11-9-13)18-17(19(24)26-2)16(22-20(25)23-18)12-21-15-6-4-3-5-7-15/h8-11,15,18,21H,3-7,12H2,1-2H3,(H2,22,23,25)/p+1/t18-/m1/s1. The molecule has 0 unspecified atom stereocenters. The van der Waals surface area contributed by atoms with Crippen molar-refractivity contribution in [2.45, 2.75) is 51.1 Å². The van der Waals surface area contributed by atoms with Crippen LogP contribution in [0.5, 0.6) is 0 Å². The summed E-state index contributed by atoms with van der Waals surface area (Å²) < 4.78 is 5.02. The lowest BCUT2D eigenvalue weighted by molar-refractivity contribution is -0.685.